The number of ether oxygens (including phenoxy) is 2. The zero-order chi connectivity index (χ0) is 13.6. The van der Waals surface area contributed by atoms with Gasteiger partial charge in [0, 0.05) is 13.2 Å². The summed E-state index contributed by atoms with van der Waals surface area (Å²) in [5, 5.41) is 0. The summed E-state index contributed by atoms with van der Waals surface area (Å²) in [6.45, 7) is 13.6. The normalized spacial score (nSPS) is 11.8. The van der Waals surface area contributed by atoms with Crippen LogP contribution < -0.4 is 0 Å². The molecule has 0 radical (unpaired) electrons. The van der Waals surface area contributed by atoms with Crippen molar-refractivity contribution in [2.75, 3.05) is 13.2 Å². The molecule has 2 nitrogen and oxygen atoms in total. The van der Waals surface area contributed by atoms with E-state index in [2.05, 4.69) is 39.0 Å². The SMILES string of the molecule is CCOCc1cc(COCC)cc(C(C)(C)C)c1. The summed E-state index contributed by atoms with van der Waals surface area (Å²) in [6.07, 6.45) is 0. The van der Waals surface area contributed by atoms with Gasteiger partial charge in [0.1, 0.15) is 0 Å². The van der Waals surface area contributed by atoms with Crippen molar-refractivity contribution in [3.63, 3.8) is 0 Å². The van der Waals surface area contributed by atoms with Crippen LogP contribution in [0.5, 0.6) is 0 Å². The van der Waals surface area contributed by atoms with Crippen LogP contribution in [0.4, 0.5) is 0 Å². The van der Waals surface area contributed by atoms with Crippen molar-refractivity contribution < 1.29 is 9.47 Å². The maximum absolute atomic E-state index is 5.51. The topological polar surface area (TPSA) is 18.5 Å². The minimum absolute atomic E-state index is 0.156. The highest BCUT2D eigenvalue weighted by atomic mass is 16.5. The van der Waals surface area contributed by atoms with E-state index in [9.17, 15) is 0 Å². The van der Waals surface area contributed by atoms with Crippen molar-refractivity contribution in [3.8, 4) is 0 Å². The van der Waals surface area contributed by atoms with Gasteiger partial charge in [0.05, 0.1) is 13.2 Å². The first-order chi connectivity index (χ1) is 8.47. The summed E-state index contributed by atoms with van der Waals surface area (Å²) in [5.41, 5.74) is 3.97. The van der Waals surface area contributed by atoms with E-state index in [0.29, 0.717) is 13.2 Å². The van der Waals surface area contributed by atoms with Crippen LogP contribution in [0.25, 0.3) is 0 Å². The molecule has 0 spiro atoms. The molecule has 0 unspecified atom stereocenters. The maximum Gasteiger partial charge on any atom is 0.0716 e. The van der Waals surface area contributed by atoms with Gasteiger partial charge in [0.2, 0.25) is 0 Å². The van der Waals surface area contributed by atoms with Gasteiger partial charge in [-0.25, -0.2) is 0 Å². The fourth-order valence-electron chi connectivity index (χ4n) is 1.80. The Labute approximate surface area is 111 Å². The van der Waals surface area contributed by atoms with Gasteiger partial charge in [-0.05, 0) is 36.0 Å². The Kier molecular flexibility index (Phi) is 5.83. The third-order valence-corrected chi connectivity index (χ3v) is 2.86. The highest BCUT2D eigenvalue weighted by Gasteiger charge is 2.15. The molecule has 0 amide bonds. The second kappa shape index (κ2) is 6.91. The molecule has 0 fully saturated rings. The fraction of sp³-hybridized carbons (Fsp3) is 0.625. The van der Waals surface area contributed by atoms with Gasteiger partial charge < -0.3 is 9.47 Å². The Morgan fingerprint density at radius 2 is 1.28 bits per heavy atom. The van der Waals surface area contributed by atoms with E-state index in [1.54, 1.807) is 0 Å². The Bertz CT molecular complexity index is 338. The minimum atomic E-state index is 0.156. The van der Waals surface area contributed by atoms with E-state index in [1.165, 1.54) is 16.7 Å². The van der Waals surface area contributed by atoms with E-state index in [1.807, 2.05) is 13.8 Å². The Hall–Kier alpha value is -0.860. The molecule has 0 aliphatic heterocycles. The molecule has 0 aliphatic rings. The minimum Gasteiger partial charge on any atom is -0.377 e. The quantitative estimate of drug-likeness (QED) is 0.758. The molecular weight excluding hydrogens is 224 g/mol. The summed E-state index contributed by atoms with van der Waals surface area (Å²) in [5.74, 6) is 0. The van der Waals surface area contributed by atoms with E-state index in [4.69, 9.17) is 9.47 Å². The summed E-state index contributed by atoms with van der Waals surface area (Å²) >= 11 is 0. The first kappa shape index (κ1) is 15.2. The smallest absolute Gasteiger partial charge is 0.0716 e. The zero-order valence-electron chi connectivity index (χ0n) is 12.4. The lowest BCUT2D eigenvalue weighted by atomic mass is 9.85. The molecule has 1 aromatic carbocycles. The van der Waals surface area contributed by atoms with Crippen LogP contribution in [-0.4, -0.2) is 13.2 Å². The summed E-state index contributed by atoms with van der Waals surface area (Å²) in [6, 6.07) is 6.66. The zero-order valence-corrected chi connectivity index (χ0v) is 12.4. The number of hydrogen-bond donors (Lipinski definition) is 0. The highest BCUT2D eigenvalue weighted by molar-refractivity contribution is 5.33. The van der Waals surface area contributed by atoms with Crippen molar-refractivity contribution in [1.29, 1.82) is 0 Å². The van der Waals surface area contributed by atoms with Crippen LogP contribution in [0, 0.1) is 0 Å². The highest BCUT2D eigenvalue weighted by Crippen LogP contribution is 2.25. The second-order valence-electron chi connectivity index (χ2n) is 5.56. The number of hydrogen-bond acceptors (Lipinski definition) is 2. The van der Waals surface area contributed by atoms with Gasteiger partial charge in [0.15, 0.2) is 0 Å². The predicted molar refractivity (Wildman–Crippen MR) is 75.8 cm³/mol. The summed E-state index contributed by atoms with van der Waals surface area (Å²) in [4.78, 5) is 0. The molecule has 102 valence electrons. The van der Waals surface area contributed by atoms with Gasteiger partial charge in [0.25, 0.3) is 0 Å². The molecule has 0 aromatic heterocycles. The van der Waals surface area contributed by atoms with Gasteiger partial charge >= 0.3 is 0 Å². The third-order valence-electron chi connectivity index (χ3n) is 2.86. The molecule has 0 N–H and O–H groups in total. The van der Waals surface area contributed by atoms with E-state index < -0.39 is 0 Å². The van der Waals surface area contributed by atoms with Gasteiger partial charge in [-0.2, -0.15) is 0 Å². The lowest BCUT2D eigenvalue weighted by Gasteiger charge is -2.21. The first-order valence-electron chi connectivity index (χ1n) is 6.76. The van der Waals surface area contributed by atoms with Gasteiger partial charge in [-0.3, -0.25) is 0 Å². The monoisotopic (exact) mass is 250 g/mol. The molecule has 18 heavy (non-hydrogen) atoms. The number of rotatable bonds is 6. The molecule has 1 aromatic rings. The fourth-order valence-corrected chi connectivity index (χ4v) is 1.80. The van der Waals surface area contributed by atoms with Crippen molar-refractivity contribution in [3.05, 3.63) is 34.9 Å². The van der Waals surface area contributed by atoms with E-state index >= 15 is 0 Å². The molecule has 0 atom stereocenters. The average Bonchev–Trinajstić information content (AvgIpc) is 2.32. The standard InChI is InChI=1S/C16H26O2/c1-6-17-11-13-8-14(12-18-7-2)10-15(9-13)16(3,4)5/h8-10H,6-7,11-12H2,1-5H3. The van der Waals surface area contributed by atoms with Crippen molar-refractivity contribution >= 4 is 0 Å². The first-order valence-corrected chi connectivity index (χ1v) is 6.76. The molecule has 0 saturated heterocycles. The Balaban J connectivity index is 2.96. The van der Waals surface area contributed by atoms with Crippen molar-refractivity contribution in [2.24, 2.45) is 0 Å². The van der Waals surface area contributed by atoms with E-state index in [0.717, 1.165) is 13.2 Å². The average molecular weight is 250 g/mol. The van der Waals surface area contributed by atoms with E-state index in [-0.39, 0.29) is 5.41 Å². The molecule has 0 saturated carbocycles. The Morgan fingerprint density at radius 1 is 0.833 bits per heavy atom. The van der Waals surface area contributed by atoms with Crippen molar-refractivity contribution in [2.45, 2.75) is 53.2 Å². The van der Waals surface area contributed by atoms with Crippen LogP contribution in [0.3, 0.4) is 0 Å². The van der Waals surface area contributed by atoms with Crippen LogP contribution in [-0.2, 0) is 28.1 Å². The Morgan fingerprint density at radius 3 is 1.61 bits per heavy atom. The summed E-state index contributed by atoms with van der Waals surface area (Å²) < 4.78 is 11.0. The molecule has 0 heterocycles. The maximum atomic E-state index is 5.51. The van der Waals surface area contributed by atoms with Crippen molar-refractivity contribution in [1.82, 2.24) is 0 Å². The summed E-state index contributed by atoms with van der Waals surface area (Å²) in [7, 11) is 0. The van der Waals surface area contributed by atoms with Crippen LogP contribution in [0.2, 0.25) is 0 Å². The van der Waals surface area contributed by atoms with Gasteiger partial charge in [-0.15, -0.1) is 0 Å². The molecular formula is C16H26O2. The molecule has 1 rings (SSSR count). The van der Waals surface area contributed by atoms with Crippen LogP contribution in [0.15, 0.2) is 18.2 Å². The van der Waals surface area contributed by atoms with Crippen LogP contribution in [0.1, 0.15) is 51.3 Å². The lowest BCUT2D eigenvalue weighted by Crippen LogP contribution is -2.12. The third kappa shape index (κ3) is 4.79. The van der Waals surface area contributed by atoms with Crippen LogP contribution >= 0.6 is 0 Å². The largest absolute Gasteiger partial charge is 0.377 e. The molecule has 2 heteroatoms. The molecule has 0 bridgehead atoms. The predicted octanol–water partition coefficient (Wildman–Crippen LogP) is 4.06. The van der Waals surface area contributed by atoms with Gasteiger partial charge in [-0.1, -0.05) is 39.0 Å². The lowest BCUT2D eigenvalue weighted by molar-refractivity contribution is 0.130. The second-order valence-corrected chi connectivity index (χ2v) is 5.56. The molecule has 0 aliphatic carbocycles. The number of benzene rings is 1.